The van der Waals surface area contributed by atoms with Crippen molar-refractivity contribution in [3.8, 4) is 5.75 Å². The highest BCUT2D eigenvalue weighted by Crippen LogP contribution is 2.22. The first-order chi connectivity index (χ1) is 8.13. The molecule has 0 saturated carbocycles. The highest BCUT2D eigenvalue weighted by Gasteiger charge is 2.03. The summed E-state index contributed by atoms with van der Waals surface area (Å²) in [5.74, 6) is 1.54. The van der Waals surface area contributed by atoms with E-state index in [9.17, 15) is 0 Å². The van der Waals surface area contributed by atoms with Crippen LogP contribution in [0.3, 0.4) is 0 Å². The lowest BCUT2D eigenvalue weighted by Crippen LogP contribution is -2.21. The molecular formula is C15H25NO. The largest absolute Gasteiger partial charge is 0.492 e. The van der Waals surface area contributed by atoms with Crippen molar-refractivity contribution in [1.29, 1.82) is 0 Å². The molecule has 0 bridgehead atoms. The molecule has 0 unspecified atom stereocenters. The molecule has 2 heteroatoms. The Morgan fingerprint density at radius 1 is 1.18 bits per heavy atom. The molecule has 0 spiro atoms. The van der Waals surface area contributed by atoms with E-state index in [4.69, 9.17) is 4.74 Å². The monoisotopic (exact) mass is 235 g/mol. The van der Waals surface area contributed by atoms with Gasteiger partial charge in [0, 0.05) is 6.54 Å². The average molecular weight is 235 g/mol. The predicted octanol–water partition coefficient (Wildman–Crippen LogP) is 3.50. The topological polar surface area (TPSA) is 21.3 Å². The van der Waals surface area contributed by atoms with Crippen LogP contribution in [-0.4, -0.2) is 19.7 Å². The van der Waals surface area contributed by atoms with Crippen LogP contribution in [0.5, 0.6) is 5.75 Å². The number of nitrogens with one attached hydrogen (secondary N) is 1. The van der Waals surface area contributed by atoms with Gasteiger partial charge in [-0.2, -0.15) is 0 Å². The predicted molar refractivity (Wildman–Crippen MR) is 73.9 cm³/mol. The third-order valence-corrected chi connectivity index (χ3v) is 2.71. The zero-order valence-corrected chi connectivity index (χ0v) is 11.5. The van der Waals surface area contributed by atoms with Crippen molar-refractivity contribution in [2.45, 2.75) is 40.0 Å². The minimum Gasteiger partial charge on any atom is -0.492 e. The van der Waals surface area contributed by atoms with Crippen LogP contribution in [0.15, 0.2) is 18.2 Å². The highest BCUT2D eigenvalue weighted by molar-refractivity contribution is 5.35. The van der Waals surface area contributed by atoms with Crippen molar-refractivity contribution >= 4 is 0 Å². The maximum atomic E-state index is 5.76. The van der Waals surface area contributed by atoms with E-state index in [1.165, 1.54) is 17.5 Å². The van der Waals surface area contributed by atoms with Crippen molar-refractivity contribution in [2.24, 2.45) is 0 Å². The van der Waals surface area contributed by atoms with Crippen LogP contribution in [0, 0.1) is 6.92 Å². The van der Waals surface area contributed by atoms with E-state index >= 15 is 0 Å². The van der Waals surface area contributed by atoms with E-state index in [2.05, 4.69) is 51.2 Å². The minimum atomic E-state index is 0.551. The molecule has 0 fully saturated rings. The lowest BCUT2D eigenvalue weighted by atomic mass is 10.0. The second-order valence-electron chi connectivity index (χ2n) is 4.83. The summed E-state index contributed by atoms with van der Waals surface area (Å²) in [5, 5.41) is 3.33. The fourth-order valence-corrected chi connectivity index (χ4v) is 1.74. The van der Waals surface area contributed by atoms with Gasteiger partial charge in [0.05, 0.1) is 0 Å². The maximum Gasteiger partial charge on any atom is 0.119 e. The standard InChI is InChI=1S/C15H25NO/c1-5-6-16-7-8-17-15-10-13(4)9-14(11-15)12(2)3/h9-12,16H,5-8H2,1-4H3. The molecule has 0 saturated heterocycles. The molecule has 0 atom stereocenters. The summed E-state index contributed by atoms with van der Waals surface area (Å²) in [4.78, 5) is 0. The SMILES string of the molecule is CCCNCCOc1cc(C)cc(C(C)C)c1. The van der Waals surface area contributed by atoms with Crippen LogP contribution in [0.25, 0.3) is 0 Å². The molecule has 1 N–H and O–H groups in total. The fourth-order valence-electron chi connectivity index (χ4n) is 1.74. The van der Waals surface area contributed by atoms with Gasteiger partial charge in [0.15, 0.2) is 0 Å². The number of hydrogen-bond donors (Lipinski definition) is 1. The van der Waals surface area contributed by atoms with Gasteiger partial charge in [-0.25, -0.2) is 0 Å². The van der Waals surface area contributed by atoms with Crippen LogP contribution in [0.1, 0.15) is 44.2 Å². The Hall–Kier alpha value is -1.02. The van der Waals surface area contributed by atoms with Crippen molar-refractivity contribution in [1.82, 2.24) is 5.32 Å². The van der Waals surface area contributed by atoms with Gasteiger partial charge in [0.1, 0.15) is 12.4 Å². The van der Waals surface area contributed by atoms with E-state index in [1.54, 1.807) is 0 Å². The normalized spacial score (nSPS) is 10.9. The Morgan fingerprint density at radius 3 is 2.59 bits per heavy atom. The summed E-state index contributed by atoms with van der Waals surface area (Å²) >= 11 is 0. The summed E-state index contributed by atoms with van der Waals surface area (Å²) in [5.41, 5.74) is 2.62. The Morgan fingerprint density at radius 2 is 1.94 bits per heavy atom. The van der Waals surface area contributed by atoms with Gasteiger partial charge < -0.3 is 10.1 Å². The Labute approximate surface area is 105 Å². The lowest BCUT2D eigenvalue weighted by Gasteiger charge is -2.12. The van der Waals surface area contributed by atoms with Crippen molar-refractivity contribution < 1.29 is 4.74 Å². The first kappa shape index (κ1) is 14.0. The van der Waals surface area contributed by atoms with Gasteiger partial charge in [0.2, 0.25) is 0 Å². The lowest BCUT2D eigenvalue weighted by molar-refractivity contribution is 0.313. The first-order valence-electron chi connectivity index (χ1n) is 6.58. The minimum absolute atomic E-state index is 0.551. The van der Waals surface area contributed by atoms with E-state index in [0.717, 1.165) is 25.4 Å². The van der Waals surface area contributed by atoms with Crippen LogP contribution in [-0.2, 0) is 0 Å². The van der Waals surface area contributed by atoms with Gasteiger partial charge in [0.25, 0.3) is 0 Å². The van der Waals surface area contributed by atoms with E-state index in [1.807, 2.05) is 0 Å². The smallest absolute Gasteiger partial charge is 0.119 e. The van der Waals surface area contributed by atoms with Crippen molar-refractivity contribution in [3.63, 3.8) is 0 Å². The molecule has 0 aromatic heterocycles. The third kappa shape index (κ3) is 5.22. The Bertz CT molecular complexity index is 334. The van der Waals surface area contributed by atoms with Crippen LogP contribution in [0.4, 0.5) is 0 Å². The molecule has 0 heterocycles. The number of ether oxygens (including phenoxy) is 1. The van der Waals surface area contributed by atoms with Gasteiger partial charge in [-0.15, -0.1) is 0 Å². The number of aryl methyl sites for hydroxylation is 1. The molecule has 1 rings (SSSR count). The molecule has 0 aliphatic heterocycles. The molecule has 96 valence electrons. The average Bonchev–Trinajstić information content (AvgIpc) is 2.28. The summed E-state index contributed by atoms with van der Waals surface area (Å²) in [6.45, 7) is 11.4. The first-order valence-corrected chi connectivity index (χ1v) is 6.58. The summed E-state index contributed by atoms with van der Waals surface area (Å²) in [6, 6.07) is 6.48. The molecule has 1 aromatic carbocycles. The summed E-state index contributed by atoms with van der Waals surface area (Å²) < 4.78 is 5.76. The Balaban J connectivity index is 2.47. The number of benzene rings is 1. The molecule has 1 aromatic rings. The van der Waals surface area contributed by atoms with E-state index in [0.29, 0.717) is 5.92 Å². The molecule has 0 aliphatic carbocycles. The van der Waals surface area contributed by atoms with E-state index in [-0.39, 0.29) is 0 Å². The number of rotatable bonds is 7. The van der Waals surface area contributed by atoms with Crippen LogP contribution >= 0.6 is 0 Å². The van der Waals surface area contributed by atoms with Crippen LogP contribution in [0.2, 0.25) is 0 Å². The second-order valence-corrected chi connectivity index (χ2v) is 4.83. The molecular weight excluding hydrogens is 210 g/mol. The summed E-state index contributed by atoms with van der Waals surface area (Å²) in [7, 11) is 0. The molecule has 2 nitrogen and oxygen atoms in total. The molecule has 0 radical (unpaired) electrons. The van der Waals surface area contributed by atoms with Crippen molar-refractivity contribution in [2.75, 3.05) is 19.7 Å². The highest BCUT2D eigenvalue weighted by atomic mass is 16.5. The van der Waals surface area contributed by atoms with Gasteiger partial charge >= 0.3 is 0 Å². The van der Waals surface area contributed by atoms with Gasteiger partial charge in [-0.1, -0.05) is 26.8 Å². The summed E-state index contributed by atoms with van der Waals surface area (Å²) in [6.07, 6.45) is 1.17. The zero-order chi connectivity index (χ0) is 12.7. The fraction of sp³-hybridized carbons (Fsp3) is 0.600. The molecule has 17 heavy (non-hydrogen) atoms. The van der Waals surface area contributed by atoms with Crippen LogP contribution < -0.4 is 10.1 Å². The maximum absolute atomic E-state index is 5.76. The third-order valence-electron chi connectivity index (χ3n) is 2.71. The Kier molecular flexibility index (Phi) is 6.06. The molecule has 0 aliphatic rings. The quantitative estimate of drug-likeness (QED) is 0.730. The van der Waals surface area contributed by atoms with Gasteiger partial charge in [-0.3, -0.25) is 0 Å². The van der Waals surface area contributed by atoms with Crippen molar-refractivity contribution in [3.05, 3.63) is 29.3 Å². The second kappa shape index (κ2) is 7.33. The zero-order valence-electron chi connectivity index (χ0n) is 11.5. The number of hydrogen-bond acceptors (Lipinski definition) is 2. The molecule has 0 amide bonds. The van der Waals surface area contributed by atoms with E-state index < -0.39 is 0 Å². The van der Waals surface area contributed by atoms with Gasteiger partial charge in [-0.05, 0) is 49.1 Å².